The molecular weight excluding hydrogens is 258 g/mol. The molecule has 0 radical (unpaired) electrons. The van der Waals surface area contributed by atoms with Crippen LogP contribution in [0, 0.1) is 0 Å². The second kappa shape index (κ2) is 4.68. The van der Waals surface area contributed by atoms with Gasteiger partial charge in [0.15, 0.2) is 0 Å². The molecule has 1 aromatic carbocycles. The van der Waals surface area contributed by atoms with Gasteiger partial charge in [0, 0.05) is 35.5 Å². The summed E-state index contributed by atoms with van der Waals surface area (Å²) in [7, 11) is 0. The molecule has 0 amide bonds. The molecule has 3 unspecified atom stereocenters. The molecule has 2 nitrogen and oxygen atoms in total. The van der Waals surface area contributed by atoms with Crippen molar-refractivity contribution in [3.05, 3.63) is 29.8 Å². The molecule has 4 rings (SSSR count). The molecule has 3 heteroatoms. The molecule has 1 aromatic rings. The normalized spacial score (nSPS) is 37.1. The molecule has 102 valence electrons. The minimum absolute atomic E-state index is 0.404. The van der Waals surface area contributed by atoms with Gasteiger partial charge < -0.3 is 4.74 Å². The van der Waals surface area contributed by atoms with E-state index in [1.165, 1.54) is 31.2 Å². The zero-order chi connectivity index (χ0) is 12.8. The van der Waals surface area contributed by atoms with Crippen molar-refractivity contribution in [3.63, 3.8) is 0 Å². The number of alkyl halides is 1. The van der Waals surface area contributed by atoms with Gasteiger partial charge in [-0.1, -0.05) is 18.2 Å². The van der Waals surface area contributed by atoms with Gasteiger partial charge in [-0.2, -0.15) is 0 Å². The van der Waals surface area contributed by atoms with Crippen LogP contribution in [0.5, 0.6) is 5.75 Å². The first-order valence-electron chi connectivity index (χ1n) is 7.43. The van der Waals surface area contributed by atoms with E-state index < -0.39 is 0 Å². The molecule has 0 spiro atoms. The van der Waals surface area contributed by atoms with E-state index in [0.717, 1.165) is 18.9 Å². The Balaban J connectivity index is 1.51. The second-order valence-corrected chi connectivity index (χ2v) is 6.81. The monoisotopic (exact) mass is 277 g/mol. The molecule has 3 aliphatic heterocycles. The Labute approximate surface area is 119 Å². The zero-order valence-corrected chi connectivity index (χ0v) is 11.9. The highest BCUT2D eigenvalue weighted by Gasteiger charge is 2.41. The van der Waals surface area contributed by atoms with Crippen LogP contribution in [0.4, 0.5) is 0 Å². The summed E-state index contributed by atoms with van der Waals surface area (Å²) in [4.78, 5) is 2.72. The average Bonchev–Trinajstić information content (AvgIpc) is 2.92. The molecule has 0 aromatic heterocycles. The summed E-state index contributed by atoms with van der Waals surface area (Å²) in [5.41, 5.74) is 1.40. The average molecular weight is 278 g/mol. The number of ether oxygens (including phenoxy) is 1. The number of halogens is 1. The first-order chi connectivity index (χ1) is 9.31. The van der Waals surface area contributed by atoms with Gasteiger partial charge in [-0.05, 0) is 31.7 Å². The summed E-state index contributed by atoms with van der Waals surface area (Å²) < 4.78 is 5.81. The van der Waals surface area contributed by atoms with Crippen LogP contribution in [0.25, 0.3) is 0 Å². The number of fused-ring (bicyclic) bond motifs is 3. The van der Waals surface area contributed by atoms with Gasteiger partial charge in [0.2, 0.25) is 0 Å². The van der Waals surface area contributed by atoms with Gasteiger partial charge in [-0.25, -0.2) is 0 Å². The maximum atomic E-state index is 6.36. The molecule has 2 bridgehead atoms. The van der Waals surface area contributed by atoms with E-state index in [1.54, 1.807) is 0 Å². The molecule has 19 heavy (non-hydrogen) atoms. The van der Waals surface area contributed by atoms with Crippen molar-refractivity contribution in [1.29, 1.82) is 0 Å². The van der Waals surface area contributed by atoms with E-state index in [1.807, 2.05) is 0 Å². The first kappa shape index (κ1) is 12.0. The van der Waals surface area contributed by atoms with Crippen molar-refractivity contribution >= 4 is 11.6 Å². The summed E-state index contributed by atoms with van der Waals surface area (Å²) in [6.07, 6.45) is 5.02. The van der Waals surface area contributed by atoms with E-state index in [-0.39, 0.29) is 0 Å². The van der Waals surface area contributed by atoms with Crippen molar-refractivity contribution in [2.75, 3.05) is 13.2 Å². The Hall–Kier alpha value is -0.730. The predicted octanol–water partition coefficient (Wildman–Crippen LogP) is 3.40. The van der Waals surface area contributed by atoms with Crippen LogP contribution in [0.15, 0.2) is 24.3 Å². The van der Waals surface area contributed by atoms with Gasteiger partial charge >= 0.3 is 0 Å². The Morgan fingerprint density at radius 2 is 1.89 bits per heavy atom. The molecule has 2 fully saturated rings. The molecule has 2 saturated heterocycles. The minimum atomic E-state index is 0.404. The summed E-state index contributed by atoms with van der Waals surface area (Å²) in [5, 5.41) is 0.404. The lowest BCUT2D eigenvalue weighted by atomic mass is 9.96. The standard InChI is InChI=1S/C16H20ClNO/c17-12-7-13-5-6-14(8-12)18(13)9-11-10-19-16-4-2-1-3-15(11)16/h1-4,11-14H,5-10H2. The summed E-state index contributed by atoms with van der Waals surface area (Å²) in [6.45, 7) is 2.00. The Kier molecular flexibility index (Phi) is 2.96. The maximum Gasteiger partial charge on any atom is 0.122 e. The SMILES string of the molecule is ClC1CC2CCC(C1)N2CC1COc2ccccc21. The van der Waals surface area contributed by atoms with Crippen LogP contribution in [0.2, 0.25) is 0 Å². The second-order valence-electron chi connectivity index (χ2n) is 6.20. The third-order valence-corrected chi connectivity index (χ3v) is 5.41. The third kappa shape index (κ3) is 2.05. The summed E-state index contributed by atoms with van der Waals surface area (Å²) in [6, 6.07) is 9.94. The predicted molar refractivity (Wildman–Crippen MR) is 77.1 cm³/mol. The number of hydrogen-bond donors (Lipinski definition) is 0. The number of para-hydroxylation sites is 1. The minimum Gasteiger partial charge on any atom is -0.493 e. The Morgan fingerprint density at radius 3 is 2.68 bits per heavy atom. The highest BCUT2D eigenvalue weighted by molar-refractivity contribution is 6.20. The van der Waals surface area contributed by atoms with Crippen molar-refractivity contribution < 1.29 is 4.74 Å². The van der Waals surface area contributed by atoms with Crippen molar-refractivity contribution in [1.82, 2.24) is 4.90 Å². The number of hydrogen-bond acceptors (Lipinski definition) is 2. The van der Waals surface area contributed by atoms with E-state index in [0.29, 0.717) is 23.4 Å². The molecule has 3 aliphatic rings. The zero-order valence-electron chi connectivity index (χ0n) is 11.1. The maximum absolute atomic E-state index is 6.36. The molecule has 0 saturated carbocycles. The van der Waals surface area contributed by atoms with Gasteiger partial charge in [0.25, 0.3) is 0 Å². The lowest BCUT2D eigenvalue weighted by molar-refractivity contribution is 0.128. The lowest BCUT2D eigenvalue weighted by Gasteiger charge is -2.38. The fourth-order valence-electron chi connectivity index (χ4n) is 4.14. The van der Waals surface area contributed by atoms with E-state index >= 15 is 0 Å². The van der Waals surface area contributed by atoms with Gasteiger partial charge in [0.05, 0.1) is 6.61 Å². The number of benzene rings is 1. The van der Waals surface area contributed by atoms with Crippen LogP contribution < -0.4 is 4.74 Å². The summed E-state index contributed by atoms with van der Waals surface area (Å²) in [5.74, 6) is 1.64. The van der Waals surface area contributed by atoms with Crippen molar-refractivity contribution in [3.8, 4) is 5.75 Å². The fraction of sp³-hybridized carbons (Fsp3) is 0.625. The largest absolute Gasteiger partial charge is 0.493 e. The van der Waals surface area contributed by atoms with E-state index in [4.69, 9.17) is 16.3 Å². The van der Waals surface area contributed by atoms with Crippen LogP contribution >= 0.6 is 11.6 Å². The summed E-state index contributed by atoms with van der Waals surface area (Å²) >= 11 is 6.36. The topological polar surface area (TPSA) is 12.5 Å². The quantitative estimate of drug-likeness (QED) is 0.769. The van der Waals surface area contributed by atoms with Crippen LogP contribution in [0.3, 0.4) is 0 Å². The molecule has 3 atom stereocenters. The van der Waals surface area contributed by atoms with Gasteiger partial charge in [-0.3, -0.25) is 4.90 Å². The molecule has 3 heterocycles. The fourth-order valence-corrected chi connectivity index (χ4v) is 4.55. The number of rotatable bonds is 2. The van der Waals surface area contributed by atoms with E-state index in [9.17, 15) is 0 Å². The van der Waals surface area contributed by atoms with Crippen molar-refractivity contribution in [2.45, 2.75) is 49.1 Å². The van der Waals surface area contributed by atoms with Crippen molar-refractivity contribution in [2.24, 2.45) is 0 Å². The number of nitrogens with zero attached hydrogens (tertiary/aromatic N) is 1. The highest BCUT2D eigenvalue weighted by Crippen LogP contribution is 2.41. The Bertz CT molecular complexity index is 464. The first-order valence-corrected chi connectivity index (χ1v) is 7.86. The lowest BCUT2D eigenvalue weighted by Crippen LogP contribution is -2.45. The van der Waals surface area contributed by atoms with E-state index in [2.05, 4.69) is 29.2 Å². The van der Waals surface area contributed by atoms with Gasteiger partial charge in [0.1, 0.15) is 5.75 Å². The molecule has 0 N–H and O–H groups in total. The molecular formula is C16H20ClNO. The van der Waals surface area contributed by atoms with Crippen LogP contribution in [-0.2, 0) is 0 Å². The highest BCUT2D eigenvalue weighted by atomic mass is 35.5. The van der Waals surface area contributed by atoms with Crippen LogP contribution in [0.1, 0.15) is 37.2 Å². The third-order valence-electron chi connectivity index (χ3n) is 5.06. The van der Waals surface area contributed by atoms with Crippen LogP contribution in [-0.4, -0.2) is 35.5 Å². The number of piperidine rings is 1. The Morgan fingerprint density at radius 1 is 1.16 bits per heavy atom. The molecule has 0 aliphatic carbocycles. The smallest absolute Gasteiger partial charge is 0.122 e. The van der Waals surface area contributed by atoms with Gasteiger partial charge in [-0.15, -0.1) is 11.6 Å².